The molecule has 0 spiro atoms. The fourth-order valence-electron chi connectivity index (χ4n) is 3.22. The van der Waals surface area contributed by atoms with E-state index in [4.69, 9.17) is 0 Å². The van der Waals surface area contributed by atoms with Crippen LogP contribution >= 0.6 is 0 Å². The second-order valence-electron chi connectivity index (χ2n) is 6.32. The normalized spacial score (nSPS) is 15.9. The molecule has 6 nitrogen and oxygen atoms in total. The zero-order valence-electron chi connectivity index (χ0n) is 14.5. The molecule has 0 bridgehead atoms. The van der Waals surface area contributed by atoms with Crippen molar-refractivity contribution in [3.63, 3.8) is 0 Å². The van der Waals surface area contributed by atoms with E-state index >= 15 is 0 Å². The van der Waals surface area contributed by atoms with Gasteiger partial charge in [0, 0.05) is 31.6 Å². The summed E-state index contributed by atoms with van der Waals surface area (Å²) in [5.74, 6) is -1.75. The largest absolute Gasteiger partial charge is 0.353 e. The molecule has 10 heteroatoms. The molecule has 0 N–H and O–H groups in total. The number of fused-ring (bicyclic) bond motifs is 1. The molecule has 146 valence electrons. The smallest absolute Gasteiger partial charge is 0.246 e. The molecule has 28 heavy (non-hydrogen) atoms. The van der Waals surface area contributed by atoms with E-state index in [0.29, 0.717) is 22.8 Å². The highest BCUT2D eigenvalue weighted by atomic mass is 32.2. The van der Waals surface area contributed by atoms with Crippen LogP contribution in [0.4, 0.5) is 19.0 Å². The number of benzene rings is 2. The highest BCUT2D eigenvalue weighted by Crippen LogP contribution is 2.27. The molecule has 0 saturated carbocycles. The number of rotatable bonds is 3. The minimum absolute atomic E-state index is 0.0547. The van der Waals surface area contributed by atoms with Crippen molar-refractivity contribution in [2.24, 2.45) is 0 Å². The molecule has 0 aliphatic carbocycles. The van der Waals surface area contributed by atoms with Gasteiger partial charge in [-0.1, -0.05) is 0 Å². The summed E-state index contributed by atoms with van der Waals surface area (Å²) >= 11 is 0. The molecule has 2 aromatic carbocycles. The van der Waals surface area contributed by atoms with Gasteiger partial charge in [0.05, 0.1) is 5.52 Å². The Morgan fingerprint density at radius 1 is 0.857 bits per heavy atom. The van der Waals surface area contributed by atoms with E-state index < -0.39 is 32.4 Å². The van der Waals surface area contributed by atoms with Gasteiger partial charge in [-0.2, -0.15) is 4.31 Å². The molecular formula is C18H15F3N4O2S. The lowest BCUT2D eigenvalue weighted by atomic mass is 10.2. The maximum absolute atomic E-state index is 13.9. The quantitative estimate of drug-likeness (QED) is 0.667. The van der Waals surface area contributed by atoms with Crippen molar-refractivity contribution in [2.45, 2.75) is 4.90 Å². The number of anilines is 1. The van der Waals surface area contributed by atoms with Crippen LogP contribution in [0.25, 0.3) is 10.9 Å². The predicted molar refractivity (Wildman–Crippen MR) is 96.8 cm³/mol. The zero-order chi connectivity index (χ0) is 19.9. The van der Waals surface area contributed by atoms with E-state index in [-0.39, 0.29) is 26.2 Å². The number of nitrogens with zero attached hydrogens (tertiary/aromatic N) is 4. The Bertz CT molecular complexity index is 1150. The van der Waals surface area contributed by atoms with Crippen molar-refractivity contribution in [3.05, 3.63) is 60.2 Å². The van der Waals surface area contributed by atoms with Crippen LogP contribution in [0, 0.1) is 17.5 Å². The lowest BCUT2D eigenvalue weighted by molar-refractivity contribution is 0.381. The van der Waals surface area contributed by atoms with Gasteiger partial charge in [0.2, 0.25) is 10.0 Å². The van der Waals surface area contributed by atoms with E-state index in [9.17, 15) is 21.6 Å². The van der Waals surface area contributed by atoms with Crippen LogP contribution in [0.5, 0.6) is 0 Å². The Kier molecular flexibility index (Phi) is 4.68. The molecule has 3 aromatic rings. The minimum Gasteiger partial charge on any atom is -0.353 e. The van der Waals surface area contributed by atoms with Gasteiger partial charge in [0.25, 0.3) is 0 Å². The number of halogens is 3. The second-order valence-corrected chi connectivity index (χ2v) is 8.23. The lowest BCUT2D eigenvalue weighted by Crippen LogP contribution is -2.49. The van der Waals surface area contributed by atoms with Crippen LogP contribution in [0.15, 0.2) is 47.6 Å². The Balaban J connectivity index is 1.59. The molecule has 1 saturated heterocycles. The summed E-state index contributed by atoms with van der Waals surface area (Å²) in [4.78, 5) is 9.45. The van der Waals surface area contributed by atoms with Crippen molar-refractivity contribution in [3.8, 4) is 0 Å². The molecule has 1 aliphatic rings. The molecule has 1 fully saturated rings. The van der Waals surface area contributed by atoms with E-state index in [1.807, 2.05) is 4.90 Å². The van der Waals surface area contributed by atoms with Crippen LogP contribution in [0.3, 0.4) is 0 Å². The summed E-state index contributed by atoms with van der Waals surface area (Å²) in [6.07, 6.45) is 1.36. The Labute approximate surface area is 159 Å². The molecule has 0 radical (unpaired) electrons. The number of piperazine rings is 1. The summed E-state index contributed by atoms with van der Waals surface area (Å²) in [6.45, 7) is 0.635. The van der Waals surface area contributed by atoms with Gasteiger partial charge in [0.1, 0.15) is 34.5 Å². The standard InChI is InChI=1S/C18H15F3N4O2S/c19-12-2-4-16-14(9-12)18(23-11-22-16)24-5-7-25(8-6-24)28(26,27)17-10-13(20)1-3-15(17)21/h1-4,9-11H,5-8H2. The lowest BCUT2D eigenvalue weighted by Gasteiger charge is -2.35. The molecule has 0 atom stereocenters. The first-order valence-corrected chi connectivity index (χ1v) is 9.91. The highest BCUT2D eigenvalue weighted by molar-refractivity contribution is 7.89. The predicted octanol–water partition coefficient (Wildman–Crippen LogP) is 2.56. The van der Waals surface area contributed by atoms with Crippen LogP contribution in [0.1, 0.15) is 0 Å². The molecule has 0 unspecified atom stereocenters. The zero-order valence-corrected chi connectivity index (χ0v) is 15.3. The fourth-order valence-corrected chi connectivity index (χ4v) is 4.72. The van der Waals surface area contributed by atoms with Crippen molar-refractivity contribution in [1.29, 1.82) is 0 Å². The van der Waals surface area contributed by atoms with Gasteiger partial charge in [-0.05, 0) is 36.4 Å². The highest BCUT2D eigenvalue weighted by Gasteiger charge is 2.31. The molecule has 2 heterocycles. The van der Waals surface area contributed by atoms with Crippen molar-refractivity contribution in [2.75, 3.05) is 31.1 Å². The topological polar surface area (TPSA) is 66.4 Å². The van der Waals surface area contributed by atoms with Gasteiger partial charge in [-0.3, -0.25) is 0 Å². The third kappa shape index (κ3) is 3.29. The summed E-state index contributed by atoms with van der Waals surface area (Å²) in [5, 5.41) is 0.523. The Morgan fingerprint density at radius 2 is 1.54 bits per heavy atom. The summed E-state index contributed by atoms with van der Waals surface area (Å²) in [6, 6.07) is 6.51. The van der Waals surface area contributed by atoms with Gasteiger partial charge in [-0.15, -0.1) is 0 Å². The third-order valence-corrected chi connectivity index (χ3v) is 6.54. The van der Waals surface area contributed by atoms with E-state index in [2.05, 4.69) is 9.97 Å². The SMILES string of the molecule is O=S(=O)(c1cc(F)ccc1F)N1CCN(c2ncnc3ccc(F)cc23)CC1. The number of aromatic nitrogens is 2. The summed E-state index contributed by atoms with van der Waals surface area (Å²) < 4.78 is 67.5. The van der Waals surface area contributed by atoms with Crippen molar-refractivity contribution < 1.29 is 21.6 Å². The fraction of sp³-hybridized carbons (Fsp3) is 0.222. The monoisotopic (exact) mass is 408 g/mol. The van der Waals surface area contributed by atoms with E-state index in [1.165, 1.54) is 18.5 Å². The molecular weight excluding hydrogens is 393 g/mol. The number of hydrogen-bond donors (Lipinski definition) is 0. The maximum atomic E-state index is 13.9. The third-order valence-electron chi connectivity index (χ3n) is 4.63. The molecule has 1 aliphatic heterocycles. The molecule has 0 amide bonds. The van der Waals surface area contributed by atoms with Crippen LogP contribution < -0.4 is 4.90 Å². The molecule has 1 aromatic heterocycles. The van der Waals surface area contributed by atoms with E-state index in [1.54, 1.807) is 6.07 Å². The van der Waals surface area contributed by atoms with E-state index in [0.717, 1.165) is 16.4 Å². The van der Waals surface area contributed by atoms with Crippen LogP contribution in [0.2, 0.25) is 0 Å². The van der Waals surface area contributed by atoms with Crippen LogP contribution in [-0.4, -0.2) is 48.9 Å². The first-order valence-electron chi connectivity index (χ1n) is 8.47. The van der Waals surface area contributed by atoms with Gasteiger partial charge >= 0.3 is 0 Å². The average Bonchev–Trinajstić information content (AvgIpc) is 2.69. The first kappa shape index (κ1) is 18.6. The van der Waals surface area contributed by atoms with Gasteiger partial charge in [0.15, 0.2) is 0 Å². The molecule has 4 rings (SSSR count). The summed E-state index contributed by atoms with van der Waals surface area (Å²) in [7, 11) is -4.17. The number of sulfonamides is 1. The summed E-state index contributed by atoms with van der Waals surface area (Å²) in [5.41, 5.74) is 0.572. The van der Waals surface area contributed by atoms with Crippen molar-refractivity contribution in [1.82, 2.24) is 14.3 Å². The maximum Gasteiger partial charge on any atom is 0.246 e. The minimum atomic E-state index is -4.17. The van der Waals surface area contributed by atoms with Crippen molar-refractivity contribution >= 4 is 26.7 Å². The van der Waals surface area contributed by atoms with Gasteiger partial charge in [-0.25, -0.2) is 31.6 Å². The first-order chi connectivity index (χ1) is 13.4. The average molecular weight is 408 g/mol. The Morgan fingerprint density at radius 3 is 2.29 bits per heavy atom. The van der Waals surface area contributed by atoms with Crippen LogP contribution in [-0.2, 0) is 10.0 Å². The van der Waals surface area contributed by atoms with Gasteiger partial charge < -0.3 is 4.90 Å². The second kappa shape index (κ2) is 7.02. The Hall–Kier alpha value is -2.72. The number of hydrogen-bond acceptors (Lipinski definition) is 5.